The Bertz CT molecular complexity index is 1330. The minimum Gasteiger partial charge on any atom is -0.451 e. The van der Waals surface area contributed by atoms with E-state index in [2.05, 4.69) is 16.0 Å². The minimum absolute atomic E-state index is 0.0920. The Morgan fingerprint density at radius 1 is 0.974 bits per heavy atom. The van der Waals surface area contributed by atoms with Gasteiger partial charge in [-0.1, -0.05) is 19.3 Å². The van der Waals surface area contributed by atoms with Gasteiger partial charge in [-0.3, -0.25) is 14.4 Å². The molecule has 4 rings (SSSR count). The minimum atomic E-state index is -0.761. The Kier molecular flexibility index (Phi) is 8.68. The van der Waals surface area contributed by atoms with Gasteiger partial charge in [0.15, 0.2) is 5.76 Å². The molecule has 0 unspecified atom stereocenters. The van der Waals surface area contributed by atoms with Crippen LogP contribution in [0.5, 0.6) is 0 Å². The molecule has 3 aromatic rings. The van der Waals surface area contributed by atoms with Crippen molar-refractivity contribution >= 4 is 29.5 Å². The molecule has 3 amide bonds. The van der Waals surface area contributed by atoms with Crippen LogP contribution in [0.2, 0.25) is 0 Å². The van der Waals surface area contributed by atoms with E-state index < -0.39 is 29.5 Å². The number of nitrogens with one attached hydrogen (secondary N) is 3. The second-order valence-electron chi connectivity index (χ2n) is 9.19. The number of hydrogen-bond donors (Lipinski definition) is 3. The van der Waals surface area contributed by atoms with E-state index in [9.17, 15) is 23.2 Å². The summed E-state index contributed by atoms with van der Waals surface area (Å²) < 4.78 is 32.5. The summed E-state index contributed by atoms with van der Waals surface area (Å²) in [5.74, 6) is -1.97. The number of likely N-dealkylation sites (N-methyl/N-ethyl adjacent to an activating group) is 1. The third-order valence-electron chi connectivity index (χ3n) is 6.58. The first-order valence-corrected chi connectivity index (χ1v) is 12.5. The van der Waals surface area contributed by atoms with Crippen molar-refractivity contribution in [1.82, 2.24) is 10.6 Å². The van der Waals surface area contributed by atoms with E-state index in [0.29, 0.717) is 17.0 Å². The zero-order valence-electron chi connectivity index (χ0n) is 20.9. The van der Waals surface area contributed by atoms with E-state index in [-0.39, 0.29) is 23.1 Å². The number of furan rings is 1. The predicted molar refractivity (Wildman–Crippen MR) is 140 cm³/mol. The van der Waals surface area contributed by atoms with E-state index in [4.69, 9.17) is 4.42 Å². The van der Waals surface area contributed by atoms with Gasteiger partial charge in [0.05, 0.1) is 0 Å². The lowest BCUT2D eigenvalue weighted by molar-refractivity contribution is -0.124. The summed E-state index contributed by atoms with van der Waals surface area (Å²) in [6.45, 7) is 0. The average molecular weight is 522 g/mol. The molecule has 1 aliphatic rings. The number of carbonyl (C=O) groups excluding carboxylic acids is 3. The van der Waals surface area contributed by atoms with E-state index in [1.165, 1.54) is 12.1 Å². The zero-order chi connectivity index (χ0) is 27.1. The molecule has 0 saturated heterocycles. The smallest absolute Gasteiger partial charge is 0.287 e. The van der Waals surface area contributed by atoms with Crippen LogP contribution in [0.1, 0.15) is 48.2 Å². The highest BCUT2D eigenvalue weighted by atomic mass is 19.1. The maximum atomic E-state index is 13.7. The molecule has 0 spiro atoms. The van der Waals surface area contributed by atoms with E-state index in [1.807, 2.05) is 0 Å². The molecular weight excluding hydrogens is 492 g/mol. The molecule has 3 N–H and O–H groups in total. The first kappa shape index (κ1) is 26.8. The molecular formula is C29H29F2N3O4. The lowest BCUT2D eigenvalue weighted by Gasteiger charge is -2.29. The second-order valence-corrected chi connectivity index (χ2v) is 9.19. The van der Waals surface area contributed by atoms with Gasteiger partial charge in [-0.15, -0.1) is 0 Å². The molecule has 0 aliphatic heterocycles. The third kappa shape index (κ3) is 6.73. The molecule has 0 radical (unpaired) electrons. The molecule has 1 fully saturated rings. The van der Waals surface area contributed by atoms with Crippen molar-refractivity contribution in [3.63, 3.8) is 0 Å². The monoisotopic (exact) mass is 521 g/mol. The second kappa shape index (κ2) is 12.3. The maximum absolute atomic E-state index is 13.7. The van der Waals surface area contributed by atoms with Crippen LogP contribution < -0.4 is 16.0 Å². The Balaban J connectivity index is 1.37. The van der Waals surface area contributed by atoms with Crippen molar-refractivity contribution in [3.05, 3.63) is 83.6 Å². The average Bonchev–Trinajstić information content (AvgIpc) is 3.42. The van der Waals surface area contributed by atoms with Crippen molar-refractivity contribution in [3.8, 4) is 11.3 Å². The molecule has 1 atom stereocenters. The quantitative estimate of drug-likeness (QED) is 0.350. The summed E-state index contributed by atoms with van der Waals surface area (Å²) in [6.07, 6.45) is 7.42. The largest absolute Gasteiger partial charge is 0.451 e. The molecule has 1 heterocycles. The number of halogens is 2. The van der Waals surface area contributed by atoms with Crippen molar-refractivity contribution in [2.75, 3.05) is 12.4 Å². The number of amides is 3. The van der Waals surface area contributed by atoms with Crippen LogP contribution in [-0.2, 0) is 9.59 Å². The van der Waals surface area contributed by atoms with Gasteiger partial charge in [0.25, 0.3) is 5.91 Å². The fourth-order valence-electron chi connectivity index (χ4n) is 4.55. The first-order valence-electron chi connectivity index (χ1n) is 12.5. The molecule has 1 aliphatic carbocycles. The summed E-state index contributed by atoms with van der Waals surface area (Å²) in [5.41, 5.74) is 1.27. The normalized spacial score (nSPS) is 14.7. The van der Waals surface area contributed by atoms with Crippen LogP contribution in [0.4, 0.5) is 14.5 Å². The van der Waals surface area contributed by atoms with Crippen molar-refractivity contribution in [2.45, 2.75) is 38.1 Å². The highest BCUT2D eigenvalue weighted by Crippen LogP contribution is 2.28. The SMILES string of the molecule is CNC(=O)[C@@H](NC(=O)c1ccc(-c2ccc(NC(=O)C=Cc3ccc(F)cc3F)cc2)o1)C1CCCCC1. The molecule has 2 aromatic carbocycles. The number of benzene rings is 2. The summed E-state index contributed by atoms with van der Waals surface area (Å²) >= 11 is 0. The zero-order valence-corrected chi connectivity index (χ0v) is 20.9. The number of anilines is 1. The van der Waals surface area contributed by atoms with Gasteiger partial charge >= 0.3 is 0 Å². The van der Waals surface area contributed by atoms with Crippen LogP contribution in [0.15, 0.2) is 65.1 Å². The highest BCUT2D eigenvalue weighted by molar-refractivity contribution is 6.02. The molecule has 9 heteroatoms. The Morgan fingerprint density at radius 2 is 1.71 bits per heavy atom. The number of rotatable bonds is 8. The Hall–Kier alpha value is -4.27. The summed E-state index contributed by atoms with van der Waals surface area (Å²) in [5, 5.41) is 8.14. The van der Waals surface area contributed by atoms with Gasteiger partial charge in [-0.25, -0.2) is 8.78 Å². The molecule has 7 nitrogen and oxygen atoms in total. The standard InChI is InChI=1S/C29H29F2N3O4/c1-32-29(37)27(20-5-3-2-4-6-20)34-28(36)25-15-14-24(38-25)19-8-12-22(13-9-19)33-26(35)16-10-18-7-11-21(30)17-23(18)31/h7-17,20,27H,2-6H2,1H3,(H,32,37)(H,33,35)(H,34,36)/t27-/m0/s1. The Morgan fingerprint density at radius 3 is 2.39 bits per heavy atom. The van der Waals surface area contributed by atoms with E-state index in [0.717, 1.165) is 50.3 Å². The molecule has 0 bridgehead atoms. The van der Waals surface area contributed by atoms with Gasteiger partial charge in [0.1, 0.15) is 23.4 Å². The van der Waals surface area contributed by atoms with Gasteiger partial charge < -0.3 is 20.4 Å². The topological polar surface area (TPSA) is 100 Å². The van der Waals surface area contributed by atoms with E-state index in [1.54, 1.807) is 43.4 Å². The van der Waals surface area contributed by atoms with Crippen molar-refractivity contribution in [1.29, 1.82) is 0 Å². The number of hydrogen-bond acceptors (Lipinski definition) is 4. The fraction of sp³-hybridized carbons (Fsp3) is 0.276. The van der Waals surface area contributed by atoms with Gasteiger partial charge in [0, 0.05) is 36.0 Å². The first-order chi connectivity index (χ1) is 18.3. The highest BCUT2D eigenvalue weighted by Gasteiger charge is 2.31. The van der Waals surface area contributed by atoms with Crippen molar-refractivity contribution in [2.24, 2.45) is 5.92 Å². The summed E-state index contributed by atoms with van der Waals surface area (Å²) in [6, 6.07) is 12.5. The predicted octanol–water partition coefficient (Wildman–Crippen LogP) is 5.30. The lowest BCUT2D eigenvalue weighted by atomic mass is 9.83. The fourth-order valence-corrected chi connectivity index (χ4v) is 4.55. The lowest BCUT2D eigenvalue weighted by Crippen LogP contribution is -2.50. The Labute approximate surface area is 219 Å². The number of carbonyl (C=O) groups is 3. The molecule has 1 saturated carbocycles. The molecule has 1 aromatic heterocycles. The molecule has 198 valence electrons. The summed E-state index contributed by atoms with van der Waals surface area (Å²) in [4.78, 5) is 37.5. The van der Waals surface area contributed by atoms with Gasteiger partial charge in [0.2, 0.25) is 11.8 Å². The third-order valence-corrected chi connectivity index (χ3v) is 6.58. The molecule has 38 heavy (non-hydrogen) atoms. The van der Waals surface area contributed by atoms with Gasteiger partial charge in [-0.2, -0.15) is 0 Å². The van der Waals surface area contributed by atoms with Crippen LogP contribution >= 0.6 is 0 Å². The van der Waals surface area contributed by atoms with Crippen LogP contribution in [0.3, 0.4) is 0 Å². The van der Waals surface area contributed by atoms with Crippen LogP contribution in [0.25, 0.3) is 17.4 Å². The van der Waals surface area contributed by atoms with Crippen molar-refractivity contribution < 1.29 is 27.6 Å². The van der Waals surface area contributed by atoms with Crippen LogP contribution in [-0.4, -0.2) is 30.8 Å². The van der Waals surface area contributed by atoms with Gasteiger partial charge in [-0.05, 0) is 73.4 Å². The van der Waals surface area contributed by atoms with Crippen LogP contribution in [0, 0.1) is 17.6 Å². The van der Waals surface area contributed by atoms with E-state index >= 15 is 0 Å². The summed E-state index contributed by atoms with van der Waals surface area (Å²) in [7, 11) is 1.56. The maximum Gasteiger partial charge on any atom is 0.287 e.